The number of nitrogens with zero attached hydrogens (tertiary/aromatic N) is 1. The predicted octanol–water partition coefficient (Wildman–Crippen LogP) is 2.40. The van der Waals surface area contributed by atoms with Gasteiger partial charge in [0.25, 0.3) is 5.95 Å². The molecule has 0 N–H and O–H groups in total. The van der Waals surface area contributed by atoms with E-state index in [0.717, 1.165) is 0 Å². The van der Waals surface area contributed by atoms with Gasteiger partial charge in [0.15, 0.2) is 5.82 Å². The summed E-state index contributed by atoms with van der Waals surface area (Å²) in [4.78, 5) is 2.69. The first-order valence-electron chi connectivity index (χ1n) is 2.39. The molecule has 0 unspecified atom stereocenters. The monoisotopic (exact) mass is 229 g/mol. The first-order chi connectivity index (χ1) is 5.04. The van der Waals surface area contributed by atoms with Crippen molar-refractivity contribution in [3.63, 3.8) is 0 Å². The minimum absolute atomic E-state index is 0.686. The number of halogens is 5. The molecule has 60 valence electrons. The Bertz CT molecular complexity index is 275. The van der Waals surface area contributed by atoms with Gasteiger partial charge in [0, 0.05) is 0 Å². The van der Waals surface area contributed by atoms with Crippen LogP contribution in [0.2, 0.25) is 0 Å². The molecular weight excluding hydrogens is 230 g/mol. The quantitative estimate of drug-likeness (QED) is 0.492. The Hall–Kier alpha value is -0.650. The minimum Gasteiger partial charge on any atom is -0.207 e. The van der Waals surface area contributed by atoms with E-state index in [1.54, 1.807) is 0 Å². The summed E-state index contributed by atoms with van der Waals surface area (Å²) in [6, 6.07) is 0. The van der Waals surface area contributed by atoms with Crippen LogP contribution in [0, 0.1) is 23.4 Å². The molecule has 0 aliphatic rings. The van der Waals surface area contributed by atoms with Crippen molar-refractivity contribution in [3.8, 4) is 0 Å². The Morgan fingerprint density at radius 2 is 1.45 bits per heavy atom. The lowest BCUT2D eigenvalue weighted by Gasteiger charge is -1.96. The van der Waals surface area contributed by atoms with Crippen molar-refractivity contribution in [1.29, 1.82) is 0 Å². The molecule has 0 radical (unpaired) electrons. The summed E-state index contributed by atoms with van der Waals surface area (Å²) >= 11 is 2.40. The molecular formula is C5BrF4N. The molecule has 0 saturated heterocycles. The van der Waals surface area contributed by atoms with Crippen LogP contribution in [0.3, 0.4) is 0 Å². The van der Waals surface area contributed by atoms with E-state index >= 15 is 0 Å². The van der Waals surface area contributed by atoms with Gasteiger partial charge in [-0.1, -0.05) is 0 Å². The fourth-order valence-electron chi connectivity index (χ4n) is 0.462. The van der Waals surface area contributed by atoms with Gasteiger partial charge in [0.05, 0.1) is 0 Å². The smallest absolute Gasteiger partial charge is 0.207 e. The highest BCUT2D eigenvalue weighted by Gasteiger charge is 2.18. The summed E-state index contributed by atoms with van der Waals surface area (Å²) in [7, 11) is 0. The third-order valence-electron chi connectivity index (χ3n) is 0.944. The average Bonchev–Trinajstić information content (AvgIpc) is 1.97. The van der Waals surface area contributed by atoms with Crippen LogP contribution in [0.5, 0.6) is 0 Å². The maximum atomic E-state index is 12.3. The van der Waals surface area contributed by atoms with Gasteiger partial charge >= 0.3 is 0 Å². The lowest BCUT2D eigenvalue weighted by molar-refractivity contribution is 0.386. The van der Waals surface area contributed by atoms with Crippen LogP contribution in [0.15, 0.2) is 4.60 Å². The van der Waals surface area contributed by atoms with E-state index < -0.39 is 28.0 Å². The van der Waals surface area contributed by atoms with Gasteiger partial charge in [0.2, 0.25) is 11.6 Å². The van der Waals surface area contributed by atoms with E-state index in [-0.39, 0.29) is 0 Å². The van der Waals surface area contributed by atoms with Crippen molar-refractivity contribution in [2.45, 2.75) is 0 Å². The maximum Gasteiger partial charge on any atom is 0.253 e. The highest BCUT2D eigenvalue weighted by Crippen LogP contribution is 2.19. The van der Waals surface area contributed by atoms with Gasteiger partial charge in [-0.05, 0) is 15.9 Å². The van der Waals surface area contributed by atoms with Gasteiger partial charge in [-0.2, -0.15) is 8.78 Å². The molecule has 0 bridgehead atoms. The van der Waals surface area contributed by atoms with Gasteiger partial charge < -0.3 is 0 Å². The zero-order valence-corrected chi connectivity index (χ0v) is 6.42. The van der Waals surface area contributed by atoms with Crippen LogP contribution in [0.4, 0.5) is 17.6 Å². The van der Waals surface area contributed by atoms with Gasteiger partial charge in [-0.15, -0.1) is 0 Å². The molecule has 1 aromatic heterocycles. The van der Waals surface area contributed by atoms with E-state index in [1.165, 1.54) is 0 Å². The average molecular weight is 230 g/mol. The molecule has 0 amide bonds. The molecule has 11 heavy (non-hydrogen) atoms. The SMILES string of the molecule is Fc1nc(Br)c(F)c(F)c1F. The summed E-state index contributed by atoms with van der Waals surface area (Å²) in [6.07, 6.45) is 0. The summed E-state index contributed by atoms with van der Waals surface area (Å²) in [5.74, 6) is -6.99. The molecule has 1 rings (SSSR count). The number of aromatic nitrogens is 1. The highest BCUT2D eigenvalue weighted by atomic mass is 79.9. The zero-order valence-electron chi connectivity index (χ0n) is 4.84. The molecule has 0 aromatic carbocycles. The van der Waals surface area contributed by atoms with Crippen molar-refractivity contribution < 1.29 is 17.6 Å². The zero-order chi connectivity index (χ0) is 8.59. The van der Waals surface area contributed by atoms with Gasteiger partial charge in [-0.25, -0.2) is 13.8 Å². The van der Waals surface area contributed by atoms with Crippen LogP contribution in [-0.2, 0) is 0 Å². The first kappa shape index (κ1) is 8.45. The van der Waals surface area contributed by atoms with Crippen LogP contribution in [-0.4, -0.2) is 4.98 Å². The van der Waals surface area contributed by atoms with Crippen molar-refractivity contribution in [3.05, 3.63) is 28.0 Å². The third-order valence-corrected chi connectivity index (χ3v) is 1.47. The van der Waals surface area contributed by atoms with Gasteiger partial charge in [0.1, 0.15) is 4.60 Å². The van der Waals surface area contributed by atoms with Crippen LogP contribution in [0.25, 0.3) is 0 Å². The number of rotatable bonds is 0. The van der Waals surface area contributed by atoms with E-state index in [4.69, 9.17) is 0 Å². The standard InChI is InChI=1S/C5BrF4N/c6-4-2(8)1(7)3(9)5(10)11-4. The summed E-state index contributed by atoms with van der Waals surface area (Å²) < 4.78 is 48.0. The normalized spacial score (nSPS) is 10.3. The van der Waals surface area contributed by atoms with Crippen molar-refractivity contribution in [2.24, 2.45) is 0 Å². The Kier molecular flexibility index (Phi) is 2.12. The summed E-state index contributed by atoms with van der Waals surface area (Å²) in [6.45, 7) is 0. The van der Waals surface area contributed by atoms with Crippen molar-refractivity contribution in [1.82, 2.24) is 4.98 Å². The lowest BCUT2D eigenvalue weighted by Crippen LogP contribution is -1.99. The number of hydrogen-bond donors (Lipinski definition) is 0. The molecule has 0 atom stereocenters. The fourth-order valence-corrected chi connectivity index (χ4v) is 0.792. The second kappa shape index (κ2) is 2.77. The Balaban J connectivity index is 3.46. The maximum absolute atomic E-state index is 12.3. The molecule has 1 nitrogen and oxygen atoms in total. The Labute approximate surface area is 67.2 Å². The lowest BCUT2D eigenvalue weighted by atomic mass is 10.4. The molecule has 0 aliphatic carbocycles. The van der Waals surface area contributed by atoms with E-state index in [1.807, 2.05) is 0 Å². The predicted molar refractivity (Wildman–Crippen MR) is 31.8 cm³/mol. The van der Waals surface area contributed by atoms with E-state index in [9.17, 15) is 17.6 Å². The second-order valence-electron chi connectivity index (χ2n) is 1.64. The second-order valence-corrected chi connectivity index (χ2v) is 2.39. The van der Waals surface area contributed by atoms with Crippen molar-refractivity contribution in [2.75, 3.05) is 0 Å². The first-order valence-corrected chi connectivity index (χ1v) is 3.19. The number of pyridine rings is 1. The van der Waals surface area contributed by atoms with Crippen LogP contribution < -0.4 is 0 Å². The Morgan fingerprint density at radius 3 is 2.00 bits per heavy atom. The van der Waals surface area contributed by atoms with Gasteiger partial charge in [-0.3, -0.25) is 0 Å². The minimum atomic E-state index is -1.91. The van der Waals surface area contributed by atoms with E-state index in [0.29, 0.717) is 0 Å². The molecule has 0 saturated carbocycles. The van der Waals surface area contributed by atoms with Crippen LogP contribution >= 0.6 is 15.9 Å². The molecule has 6 heteroatoms. The molecule has 1 aromatic rings. The molecule has 0 fully saturated rings. The largest absolute Gasteiger partial charge is 0.253 e. The highest BCUT2D eigenvalue weighted by molar-refractivity contribution is 9.10. The van der Waals surface area contributed by atoms with Crippen LogP contribution in [0.1, 0.15) is 0 Å². The summed E-state index contributed by atoms with van der Waals surface area (Å²) in [5.41, 5.74) is 0. The summed E-state index contributed by atoms with van der Waals surface area (Å²) in [5, 5.41) is 0. The molecule has 1 heterocycles. The topological polar surface area (TPSA) is 12.9 Å². The fraction of sp³-hybridized carbons (Fsp3) is 0. The molecule has 0 aliphatic heterocycles. The number of hydrogen-bond acceptors (Lipinski definition) is 1. The third kappa shape index (κ3) is 1.35. The Morgan fingerprint density at radius 1 is 0.909 bits per heavy atom. The van der Waals surface area contributed by atoms with Crippen molar-refractivity contribution >= 4 is 15.9 Å². The van der Waals surface area contributed by atoms with E-state index in [2.05, 4.69) is 20.9 Å². The molecule has 0 spiro atoms.